The molecule has 6 nitrogen and oxygen atoms in total. The lowest BCUT2D eigenvalue weighted by atomic mass is 10.1. The average molecular weight is 294 g/mol. The van der Waals surface area contributed by atoms with Gasteiger partial charge in [0.05, 0.1) is 17.6 Å². The molecule has 0 amide bonds. The van der Waals surface area contributed by atoms with Gasteiger partial charge in [0.15, 0.2) is 5.75 Å². The number of nitro groups is 1. The van der Waals surface area contributed by atoms with Crippen LogP contribution in [0.15, 0.2) is 24.3 Å². The summed E-state index contributed by atoms with van der Waals surface area (Å²) in [4.78, 5) is 12.8. The van der Waals surface area contributed by atoms with Crippen LogP contribution in [0.1, 0.15) is 26.2 Å². The number of likely N-dealkylation sites (tertiary alicyclic amines) is 1. The zero-order valence-corrected chi connectivity index (χ0v) is 12.3. The Bertz CT molecular complexity index is 472. The topological polar surface area (TPSA) is 75.8 Å². The number of nitro benzene ring substituents is 1. The molecule has 1 atom stereocenters. The van der Waals surface area contributed by atoms with E-state index in [4.69, 9.17) is 4.74 Å². The molecule has 0 radical (unpaired) electrons. The Morgan fingerprint density at radius 1 is 1.43 bits per heavy atom. The van der Waals surface area contributed by atoms with Gasteiger partial charge in [-0.3, -0.25) is 10.1 Å². The summed E-state index contributed by atoms with van der Waals surface area (Å²) in [6.07, 6.45) is 2.27. The summed E-state index contributed by atoms with van der Waals surface area (Å²) < 4.78 is 5.56. The van der Waals surface area contributed by atoms with Crippen LogP contribution < -0.4 is 4.74 Å². The number of hydrogen-bond acceptors (Lipinski definition) is 5. The highest BCUT2D eigenvalue weighted by atomic mass is 16.6. The van der Waals surface area contributed by atoms with Gasteiger partial charge in [-0.2, -0.15) is 0 Å². The number of ether oxygens (including phenoxy) is 1. The molecule has 0 aliphatic carbocycles. The van der Waals surface area contributed by atoms with E-state index in [1.165, 1.54) is 6.07 Å². The van der Waals surface area contributed by atoms with Crippen molar-refractivity contribution < 1.29 is 14.8 Å². The Balaban J connectivity index is 1.80. The molecule has 116 valence electrons. The molecule has 0 bridgehead atoms. The number of para-hydroxylation sites is 2. The third kappa shape index (κ3) is 4.41. The van der Waals surface area contributed by atoms with Crippen molar-refractivity contribution >= 4 is 5.69 Å². The summed E-state index contributed by atoms with van der Waals surface area (Å²) in [5.74, 6) is 0.323. The molecule has 6 heteroatoms. The molecule has 1 aliphatic rings. The average Bonchev–Trinajstić information content (AvgIpc) is 2.48. The minimum absolute atomic E-state index is 0.00579. The number of benzene rings is 1. The maximum atomic E-state index is 10.9. The summed E-state index contributed by atoms with van der Waals surface area (Å²) in [6, 6.07) is 6.79. The van der Waals surface area contributed by atoms with E-state index in [2.05, 4.69) is 11.8 Å². The van der Waals surface area contributed by atoms with Gasteiger partial charge >= 0.3 is 5.69 Å². The van der Waals surface area contributed by atoms with E-state index in [1.807, 2.05) is 0 Å². The Hall–Kier alpha value is -1.66. The molecule has 0 saturated carbocycles. The second kappa shape index (κ2) is 7.38. The molecule has 2 rings (SSSR count). The molecule has 1 N–H and O–H groups in total. The highest BCUT2D eigenvalue weighted by Gasteiger charge is 2.21. The second-order valence-electron chi connectivity index (χ2n) is 5.48. The van der Waals surface area contributed by atoms with Crippen LogP contribution in [0.3, 0.4) is 0 Å². The van der Waals surface area contributed by atoms with Crippen LogP contribution in [0, 0.1) is 10.1 Å². The quantitative estimate of drug-likeness (QED) is 0.643. The fourth-order valence-electron chi connectivity index (χ4n) is 2.58. The molecule has 1 unspecified atom stereocenters. The van der Waals surface area contributed by atoms with Crippen LogP contribution in [-0.4, -0.2) is 46.8 Å². The summed E-state index contributed by atoms with van der Waals surface area (Å²) in [6.45, 7) is 4.37. The third-order valence-corrected chi connectivity index (χ3v) is 3.98. The van der Waals surface area contributed by atoms with E-state index in [-0.39, 0.29) is 11.8 Å². The van der Waals surface area contributed by atoms with Gasteiger partial charge in [0, 0.05) is 25.2 Å². The fourth-order valence-corrected chi connectivity index (χ4v) is 2.58. The van der Waals surface area contributed by atoms with Gasteiger partial charge in [0.2, 0.25) is 0 Å². The van der Waals surface area contributed by atoms with Crippen molar-refractivity contribution in [3.63, 3.8) is 0 Å². The van der Waals surface area contributed by atoms with E-state index >= 15 is 0 Å². The maximum Gasteiger partial charge on any atom is 0.310 e. The SMILES string of the molecule is CC(CCOc1ccccc1[N+](=O)[O-])N1CCC(O)CC1. The van der Waals surface area contributed by atoms with E-state index in [1.54, 1.807) is 18.2 Å². The predicted octanol–water partition coefficient (Wildman–Crippen LogP) is 2.21. The lowest BCUT2D eigenvalue weighted by molar-refractivity contribution is -0.385. The number of hydrogen-bond donors (Lipinski definition) is 1. The van der Waals surface area contributed by atoms with Gasteiger partial charge in [-0.15, -0.1) is 0 Å². The third-order valence-electron chi connectivity index (χ3n) is 3.98. The smallest absolute Gasteiger partial charge is 0.310 e. The van der Waals surface area contributed by atoms with Crippen LogP contribution >= 0.6 is 0 Å². The zero-order valence-electron chi connectivity index (χ0n) is 12.3. The number of aliphatic hydroxyl groups excluding tert-OH is 1. The van der Waals surface area contributed by atoms with E-state index < -0.39 is 4.92 Å². The molecule has 0 spiro atoms. The summed E-state index contributed by atoms with van der Waals surface area (Å²) in [5, 5.41) is 20.4. The first kappa shape index (κ1) is 15.7. The monoisotopic (exact) mass is 294 g/mol. The maximum absolute atomic E-state index is 10.9. The molecule has 1 aromatic carbocycles. The van der Waals surface area contributed by atoms with Gasteiger partial charge < -0.3 is 14.7 Å². The van der Waals surface area contributed by atoms with Crippen molar-refractivity contribution in [3.8, 4) is 5.75 Å². The minimum Gasteiger partial charge on any atom is -0.487 e. The number of piperidine rings is 1. The normalized spacial score (nSPS) is 18.4. The van der Waals surface area contributed by atoms with Crippen molar-refractivity contribution in [1.82, 2.24) is 4.90 Å². The van der Waals surface area contributed by atoms with Gasteiger partial charge in [0.1, 0.15) is 0 Å². The van der Waals surface area contributed by atoms with Crippen LogP contribution in [0.2, 0.25) is 0 Å². The van der Waals surface area contributed by atoms with Crippen molar-refractivity contribution in [3.05, 3.63) is 34.4 Å². The molecule has 0 aromatic heterocycles. The molecule has 1 heterocycles. The molecular weight excluding hydrogens is 272 g/mol. The fraction of sp³-hybridized carbons (Fsp3) is 0.600. The van der Waals surface area contributed by atoms with E-state index in [9.17, 15) is 15.2 Å². The van der Waals surface area contributed by atoms with Crippen LogP contribution in [0.25, 0.3) is 0 Å². The highest BCUT2D eigenvalue weighted by molar-refractivity contribution is 5.45. The lowest BCUT2D eigenvalue weighted by Crippen LogP contribution is -2.42. The summed E-state index contributed by atoms with van der Waals surface area (Å²) in [5.41, 5.74) is 0.00579. The minimum atomic E-state index is -0.426. The molecule has 1 aliphatic heterocycles. The highest BCUT2D eigenvalue weighted by Crippen LogP contribution is 2.26. The first-order valence-corrected chi connectivity index (χ1v) is 7.36. The largest absolute Gasteiger partial charge is 0.487 e. The zero-order chi connectivity index (χ0) is 15.2. The van der Waals surface area contributed by atoms with Crippen molar-refractivity contribution in [2.45, 2.75) is 38.3 Å². The molecule has 21 heavy (non-hydrogen) atoms. The molecular formula is C15H22N2O4. The van der Waals surface area contributed by atoms with Gasteiger partial charge in [-0.05, 0) is 32.3 Å². The van der Waals surface area contributed by atoms with Gasteiger partial charge in [-0.1, -0.05) is 12.1 Å². The van der Waals surface area contributed by atoms with Crippen LogP contribution in [0.4, 0.5) is 5.69 Å². The Labute approximate surface area is 124 Å². The summed E-state index contributed by atoms with van der Waals surface area (Å²) >= 11 is 0. The van der Waals surface area contributed by atoms with Crippen LogP contribution in [0.5, 0.6) is 5.75 Å². The first-order chi connectivity index (χ1) is 10.1. The van der Waals surface area contributed by atoms with Gasteiger partial charge in [0.25, 0.3) is 0 Å². The first-order valence-electron chi connectivity index (χ1n) is 7.36. The van der Waals surface area contributed by atoms with E-state index in [0.717, 1.165) is 32.4 Å². The lowest BCUT2D eigenvalue weighted by Gasteiger charge is -2.34. The van der Waals surface area contributed by atoms with Crippen molar-refractivity contribution in [2.75, 3.05) is 19.7 Å². The van der Waals surface area contributed by atoms with Crippen molar-refractivity contribution in [2.24, 2.45) is 0 Å². The van der Waals surface area contributed by atoms with Gasteiger partial charge in [-0.25, -0.2) is 0 Å². The van der Waals surface area contributed by atoms with E-state index in [0.29, 0.717) is 18.4 Å². The Kier molecular flexibility index (Phi) is 5.52. The Morgan fingerprint density at radius 2 is 2.10 bits per heavy atom. The van der Waals surface area contributed by atoms with Crippen molar-refractivity contribution in [1.29, 1.82) is 0 Å². The van der Waals surface area contributed by atoms with Crippen LogP contribution in [-0.2, 0) is 0 Å². The standard InChI is InChI=1S/C15H22N2O4/c1-12(16-9-6-13(18)7-10-16)8-11-21-15-5-3-2-4-14(15)17(19)20/h2-5,12-13,18H,6-11H2,1H3. The predicted molar refractivity (Wildman–Crippen MR) is 79.5 cm³/mol. The molecule has 1 fully saturated rings. The molecule has 1 aromatic rings. The number of rotatable bonds is 6. The second-order valence-corrected chi connectivity index (χ2v) is 5.48. The number of nitrogens with zero attached hydrogens (tertiary/aromatic N) is 2. The number of aliphatic hydroxyl groups is 1. The molecule has 1 saturated heterocycles. The summed E-state index contributed by atoms with van der Waals surface area (Å²) in [7, 11) is 0. The Morgan fingerprint density at radius 3 is 2.76 bits per heavy atom.